The fourth-order valence-corrected chi connectivity index (χ4v) is 1.34. The molecule has 0 aromatic heterocycles. The third kappa shape index (κ3) is 5.27. The van der Waals surface area contributed by atoms with Crippen LogP contribution >= 0.6 is 0 Å². The average Bonchev–Trinajstić information content (AvgIpc) is 2.50. The molecule has 0 aliphatic carbocycles. The third-order valence-corrected chi connectivity index (χ3v) is 2.42. The van der Waals surface area contributed by atoms with E-state index < -0.39 is 22.7 Å². The van der Waals surface area contributed by atoms with E-state index in [4.69, 9.17) is 0 Å². The van der Waals surface area contributed by atoms with Gasteiger partial charge in [-0.15, -0.1) is 0 Å². The number of non-ortho nitro benzene ring substituents is 1. The minimum Gasteiger partial charge on any atom is -0.469 e. The highest BCUT2D eigenvalue weighted by molar-refractivity contribution is 5.96. The number of benzene rings is 1. The predicted molar refractivity (Wildman–Crippen MR) is 70.0 cm³/mol. The fourth-order valence-electron chi connectivity index (χ4n) is 1.34. The van der Waals surface area contributed by atoms with Crippen molar-refractivity contribution in [3.05, 3.63) is 39.9 Å². The van der Waals surface area contributed by atoms with E-state index >= 15 is 0 Å². The minimum absolute atomic E-state index is 0.0254. The van der Waals surface area contributed by atoms with Crippen LogP contribution in [0.1, 0.15) is 23.2 Å². The number of esters is 1. The number of methoxy groups -OCH3 is 1. The van der Waals surface area contributed by atoms with E-state index in [0.717, 1.165) is 6.07 Å². The van der Waals surface area contributed by atoms with E-state index in [1.165, 1.54) is 25.3 Å². The van der Waals surface area contributed by atoms with Gasteiger partial charge in [0.05, 0.1) is 18.5 Å². The number of amides is 2. The summed E-state index contributed by atoms with van der Waals surface area (Å²) >= 11 is 0. The van der Waals surface area contributed by atoms with Crippen LogP contribution < -0.4 is 10.9 Å². The second-order valence-electron chi connectivity index (χ2n) is 3.89. The van der Waals surface area contributed by atoms with Gasteiger partial charge in [0.2, 0.25) is 5.91 Å². The maximum atomic E-state index is 11.7. The van der Waals surface area contributed by atoms with Crippen molar-refractivity contribution in [2.45, 2.75) is 12.8 Å². The Hall–Kier alpha value is -2.97. The lowest BCUT2D eigenvalue weighted by Gasteiger charge is -2.06. The zero-order valence-corrected chi connectivity index (χ0v) is 11.1. The van der Waals surface area contributed by atoms with Gasteiger partial charge >= 0.3 is 5.97 Å². The lowest BCUT2D eigenvalue weighted by molar-refractivity contribution is -0.384. The number of hydrogen-bond donors (Lipinski definition) is 2. The van der Waals surface area contributed by atoms with Crippen molar-refractivity contribution in [2.24, 2.45) is 0 Å². The number of rotatable bonds is 5. The molecule has 21 heavy (non-hydrogen) atoms. The van der Waals surface area contributed by atoms with E-state index in [-0.39, 0.29) is 24.1 Å². The molecule has 0 bridgehead atoms. The number of carbonyl (C=O) groups excluding carboxylic acids is 3. The second-order valence-corrected chi connectivity index (χ2v) is 3.89. The minimum atomic E-state index is -0.704. The van der Waals surface area contributed by atoms with E-state index in [0.29, 0.717) is 0 Å². The Morgan fingerprint density at radius 1 is 1.24 bits per heavy atom. The first-order chi connectivity index (χ1) is 9.93. The smallest absolute Gasteiger partial charge is 0.306 e. The van der Waals surface area contributed by atoms with Gasteiger partial charge < -0.3 is 4.74 Å². The van der Waals surface area contributed by atoms with Crippen molar-refractivity contribution in [1.29, 1.82) is 0 Å². The molecule has 1 aromatic carbocycles. The summed E-state index contributed by atoms with van der Waals surface area (Å²) in [5.41, 5.74) is 3.98. The molecule has 0 spiro atoms. The lowest BCUT2D eigenvalue weighted by atomic mass is 10.2. The molecular formula is C12H13N3O6. The van der Waals surface area contributed by atoms with Crippen molar-refractivity contribution in [2.75, 3.05) is 7.11 Å². The summed E-state index contributed by atoms with van der Waals surface area (Å²) in [7, 11) is 1.20. The van der Waals surface area contributed by atoms with Gasteiger partial charge in [0.1, 0.15) is 0 Å². The Labute approximate surface area is 119 Å². The molecular weight excluding hydrogens is 282 g/mol. The number of hydrogen-bond acceptors (Lipinski definition) is 6. The first-order valence-electron chi connectivity index (χ1n) is 5.84. The average molecular weight is 295 g/mol. The largest absolute Gasteiger partial charge is 0.469 e. The highest BCUT2D eigenvalue weighted by atomic mass is 16.6. The molecule has 9 nitrogen and oxygen atoms in total. The quantitative estimate of drug-likeness (QED) is 0.457. The number of ether oxygens (including phenoxy) is 1. The molecule has 1 aromatic rings. The summed E-state index contributed by atoms with van der Waals surface area (Å²) in [5, 5.41) is 10.6. The summed E-state index contributed by atoms with van der Waals surface area (Å²) in [4.78, 5) is 43.8. The van der Waals surface area contributed by atoms with Gasteiger partial charge in [0, 0.05) is 24.1 Å². The molecule has 0 aliphatic heterocycles. The first-order valence-corrected chi connectivity index (χ1v) is 5.84. The van der Waals surface area contributed by atoms with Crippen LogP contribution in [0.2, 0.25) is 0 Å². The number of carbonyl (C=O) groups is 3. The van der Waals surface area contributed by atoms with Crippen LogP contribution in [0.25, 0.3) is 0 Å². The normalized spacial score (nSPS) is 9.57. The molecule has 0 atom stereocenters. The third-order valence-electron chi connectivity index (χ3n) is 2.42. The molecule has 0 aliphatic rings. The Bertz CT molecular complexity index is 572. The fraction of sp³-hybridized carbons (Fsp3) is 0.250. The van der Waals surface area contributed by atoms with Gasteiger partial charge in [-0.3, -0.25) is 35.3 Å². The molecule has 1 rings (SSSR count). The number of nitrogens with zero attached hydrogens (tertiary/aromatic N) is 1. The summed E-state index contributed by atoms with van der Waals surface area (Å²) in [6.07, 6.45) is -0.267. The van der Waals surface area contributed by atoms with Gasteiger partial charge in [0.15, 0.2) is 0 Å². The molecule has 2 N–H and O–H groups in total. The Balaban J connectivity index is 2.50. The lowest BCUT2D eigenvalue weighted by Crippen LogP contribution is -2.41. The van der Waals surface area contributed by atoms with Crippen LogP contribution in [0.4, 0.5) is 5.69 Å². The zero-order chi connectivity index (χ0) is 15.8. The summed E-state index contributed by atoms with van der Waals surface area (Å²) in [6.45, 7) is 0. The van der Waals surface area contributed by atoms with Gasteiger partial charge in [-0.05, 0) is 6.07 Å². The van der Waals surface area contributed by atoms with Crippen LogP contribution in [-0.2, 0) is 14.3 Å². The van der Waals surface area contributed by atoms with Crippen LogP contribution in [-0.4, -0.2) is 29.8 Å². The van der Waals surface area contributed by atoms with Crippen molar-refractivity contribution in [3.63, 3.8) is 0 Å². The number of nitrogens with one attached hydrogen (secondary N) is 2. The van der Waals surface area contributed by atoms with Crippen molar-refractivity contribution in [1.82, 2.24) is 10.9 Å². The molecule has 112 valence electrons. The molecule has 2 amide bonds. The highest BCUT2D eigenvalue weighted by Crippen LogP contribution is 2.12. The SMILES string of the molecule is COC(=O)CCC(=O)NNC(=O)c1cccc([N+](=O)[O-])c1. The molecule has 0 saturated carbocycles. The van der Waals surface area contributed by atoms with E-state index in [1.807, 2.05) is 0 Å². The van der Waals surface area contributed by atoms with Gasteiger partial charge in [0.25, 0.3) is 11.6 Å². The number of hydrazine groups is 1. The predicted octanol–water partition coefficient (Wildman–Crippen LogP) is 0.309. The Kier molecular flexibility index (Phi) is 5.80. The monoisotopic (exact) mass is 295 g/mol. The van der Waals surface area contributed by atoms with E-state index in [1.54, 1.807) is 0 Å². The van der Waals surface area contributed by atoms with Gasteiger partial charge in [-0.1, -0.05) is 6.07 Å². The zero-order valence-electron chi connectivity index (χ0n) is 11.1. The maximum absolute atomic E-state index is 11.7. The van der Waals surface area contributed by atoms with Gasteiger partial charge in [-0.25, -0.2) is 0 Å². The molecule has 0 heterocycles. The van der Waals surface area contributed by atoms with Crippen molar-refractivity contribution >= 4 is 23.5 Å². The first kappa shape index (κ1) is 16.1. The molecule has 0 unspecified atom stereocenters. The van der Waals surface area contributed by atoms with Crippen LogP contribution in [0.5, 0.6) is 0 Å². The standard InChI is InChI=1S/C12H13N3O6/c1-21-11(17)6-5-10(16)13-14-12(18)8-3-2-4-9(7-8)15(19)20/h2-4,7H,5-6H2,1H3,(H,13,16)(H,14,18). The van der Waals surface area contributed by atoms with Gasteiger partial charge in [-0.2, -0.15) is 0 Å². The summed E-state index contributed by atoms with van der Waals surface area (Å²) in [5.74, 6) is -1.83. The molecule has 0 fully saturated rings. The molecule has 0 radical (unpaired) electrons. The topological polar surface area (TPSA) is 128 Å². The number of nitro benzene ring substituents is 1. The second kappa shape index (κ2) is 7.58. The van der Waals surface area contributed by atoms with Crippen LogP contribution in [0, 0.1) is 10.1 Å². The highest BCUT2D eigenvalue weighted by Gasteiger charge is 2.12. The van der Waals surface area contributed by atoms with E-state index in [2.05, 4.69) is 15.6 Å². The number of nitro groups is 1. The summed E-state index contributed by atoms with van der Waals surface area (Å²) < 4.78 is 4.36. The van der Waals surface area contributed by atoms with Crippen molar-refractivity contribution < 1.29 is 24.0 Å². The molecule has 9 heteroatoms. The van der Waals surface area contributed by atoms with Crippen LogP contribution in [0.3, 0.4) is 0 Å². The van der Waals surface area contributed by atoms with E-state index in [9.17, 15) is 24.5 Å². The Morgan fingerprint density at radius 2 is 1.95 bits per heavy atom. The maximum Gasteiger partial charge on any atom is 0.306 e. The summed E-state index contributed by atoms with van der Waals surface area (Å²) in [6, 6.07) is 5.04. The van der Waals surface area contributed by atoms with Crippen molar-refractivity contribution in [3.8, 4) is 0 Å². The Morgan fingerprint density at radius 3 is 2.57 bits per heavy atom. The molecule has 0 saturated heterocycles. The van der Waals surface area contributed by atoms with Crippen LogP contribution in [0.15, 0.2) is 24.3 Å².